The van der Waals surface area contributed by atoms with Crippen molar-refractivity contribution in [1.82, 2.24) is 0 Å². The molecule has 0 bridgehead atoms. The molecule has 10 heavy (non-hydrogen) atoms. The Morgan fingerprint density at radius 2 is 2.10 bits per heavy atom. The number of hydrogen-bond donors (Lipinski definition) is 1. The molecule has 0 saturated heterocycles. The van der Waals surface area contributed by atoms with Gasteiger partial charge < -0.3 is 5.11 Å². The molecule has 0 saturated carbocycles. The summed E-state index contributed by atoms with van der Waals surface area (Å²) in [6.45, 7) is 3.86. The van der Waals surface area contributed by atoms with Crippen LogP contribution in [0.4, 0.5) is 0 Å². The molecular formula is C9H16O. The third kappa shape index (κ3) is 7.52. The van der Waals surface area contributed by atoms with E-state index in [1.54, 1.807) is 0 Å². The van der Waals surface area contributed by atoms with Crippen LogP contribution in [0, 0.1) is 11.8 Å². The maximum Gasteiger partial charge on any atom is 0.0512 e. The lowest BCUT2D eigenvalue weighted by atomic mass is 10.2. The zero-order valence-corrected chi connectivity index (χ0v) is 6.85. The van der Waals surface area contributed by atoms with E-state index in [4.69, 9.17) is 5.11 Å². The van der Waals surface area contributed by atoms with Crippen LogP contribution in [-0.4, -0.2) is 11.2 Å². The lowest BCUT2D eigenvalue weighted by Gasteiger charge is -1.98. The van der Waals surface area contributed by atoms with Gasteiger partial charge in [0.15, 0.2) is 0 Å². The van der Waals surface area contributed by atoms with Gasteiger partial charge in [-0.2, -0.15) is 0 Å². The van der Waals surface area contributed by atoms with Crippen molar-refractivity contribution < 1.29 is 5.11 Å². The second kappa shape index (κ2) is 6.64. The van der Waals surface area contributed by atoms with Gasteiger partial charge in [-0.05, 0) is 19.8 Å². The molecule has 58 valence electrons. The van der Waals surface area contributed by atoms with Crippen LogP contribution in [0.3, 0.4) is 0 Å². The van der Waals surface area contributed by atoms with E-state index in [2.05, 4.69) is 11.8 Å². The first kappa shape index (κ1) is 9.52. The van der Waals surface area contributed by atoms with Crippen molar-refractivity contribution in [2.24, 2.45) is 0 Å². The van der Waals surface area contributed by atoms with Crippen molar-refractivity contribution in [3.8, 4) is 11.8 Å². The Labute approximate surface area is 63.5 Å². The van der Waals surface area contributed by atoms with Crippen LogP contribution in [0.5, 0.6) is 0 Å². The summed E-state index contributed by atoms with van der Waals surface area (Å²) in [6, 6.07) is 0. The van der Waals surface area contributed by atoms with E-state index in [9.17, 15) is 0 Å². The summed E-state index contributed by atoms with van der Waals surface area (Å²) in [4.78, 5) is 0. The quantitative estimate of drug-likeness (QED) is 0.469. The number of unbranched alkanes of at least 4 members (excludes halogenated alkanes) is 1. The Morgan fingerprint density at radius 1 is 1.40 bits per heavy atom. The van der Waals surface area contributed by atoms with E-state index in [0.29, 0.717) is 0 Å². The zero-order chi connectivity index (χ0) is 7.82. The minimum atomic E-state index is -0.163. The molecule has 0 amide bonds. The van der Waals surface area contributed by atoms with Gasteiger partial charge in [0.2, 0.25) is 0 Å². The third-order valence-corrected chi connectivity index (χ3v) is 1.23. The highest BCUT2D eigenvalue weighted by Gasteiger charge is 1.91. The summed E-state index contributed by atoms with van der Waals surface area (Å²) in [6.07, 6.45) is 3.60. The van der Waals surface area contributed by atoms with Crippen molar-refractivity contribution in [3.05, 3.63) is 0 Å². The molecule has 1 N–H and O–H groups in total. The Hall–Kier alpha value is -0.480. The highest BCUT2D eigenvalue weighted by Crippen LogP contribution is 1.98. The van der Waals surface area contributed by atoms with Crippen molar-refractivity contribution in [3.63, 3.8) is 0 Å². The van der Waals surface area contributed by atoms with Crippen molar-refractivity contribution >= 4 is 0 Å². The van der Waals surface area contributed by atoms with E-state index >= 15 is 0 Å². The van der Waals surface area contributed by atoms with Gasteiger partial charge in [0.25, 0.3) is 0 Å². The van der Waals surface area contributed by atoms with Crippen LogP contribution in [0.2, 0.25) is 0 Å². The molecule has 0 aromatic heterocycles. The molecule has 0 radical (unpaired) electrons. The molecule has 0 aliphatic carbocycles. The highest BCUT2D eigenvalue weighted by atomic mass is 16.3. The van der Waals surface area contributed by atoms with E-state index in [1.807, 2.05) is 13.8 Å². The predicted octanol–water partition coefficient (Wildman–Crippen LogP) is 1.95. The summed E-state index contributed by atoms with van der Waals surface area (Å²) in [7, 11) is 0. The molecular weight excluding hydrogens is 124 g/mol. The van der Waals surface area contributed by atoms with Gasteiger partial charge in [-0.25, -0.2) is 0 Å². The summed E-state index contributed by atoms with van der Waals surface area (Å²) in [5, 5.41) is 8.86. The molecule has 1 atom stereocenters. The van der Waals surface area contributed by atoms with Crippen LogP contribution >= 0.6 is 0 Å². The monoisotopic (exact) mass is 140 g/mol. The SMILES string of the molecule is CCC#CCCCC(C)O. The number of aliphatic hydroxyl groups excluding tert-OH is 1. The molecule has 1 nitrogen and oxygen atoms in total. The van der Waals surface area contributed by atoms with Crippen molar-refractivity contribution in [2.75, 3.05) is 0 Å². The van der Waals surface area contributed by atoms with E-state index in [0.717, 1.165) is 25.7 Å². The van der Waals surface area contributed by atoms with Gasteiger partial charge in [0.05, 0.1) is 6.10 Å². The first-order chi connectivity index (χ1) is 4.77. The maximum atomic E-state index is 8.86. The summed E-state index contributed by atoms with van der Waals surface area (Å²) in [5.74, 6) is 6.02. The predicted molar refractivity (Wildman–Crippen MR) is 43.6 cm³/mol. The van der Waals surface area contributed by atoms with Crippen LogP contribution in [0.1, 0.15) is 39.5 Å². The molecule has 0 rings (SSSR count). The molecule has 0 spiro atoms. The largest absolute Gasteiger partial charge is 0.393 e. The second-order valence-corrected chi connectivity index (χ2v) is 2.45. The molecule has 0 fully saturated rings. The molecule has 0 aliphatic heterocycles. The first-order valence-electron chi connectivity index (χ1n) is 3.91. The van der Waals surface area contributed by atoms with Gasteiger partial charge >= 0.3 is 0 Å². The molecule has 0 heterocycles. The number of hydrogen-bond acceptors (Lipinski definition) is 1. The standard InChI is InChI=1S/C9H16O/c1-3-4-5-6-7-8-9(2)10/h9-10H,3,6-8H2,1-2H3. The Bertz CT molecular complexity index is 116. The van der Waals surface area contributed by atoms with Gasteiger partial charge in [-0.3, -0.25) is 0 Å². The average molecular weight is 140 g/mol. The van der Waals surface area contributed by atoms with Crippen LogP contribution < -0.4 is 0 Å². The normalized spacial score (nSPS) is 11.9. The van der Waals surface area contributed by atoms with E-state index in [1.165, 1.54) is 0 Å². The first-order valence-corrected chi connectivity index (χ1v) is 3.91. The Kier molecular flexibility index (Phi) is 6.32. The minimum Gasteiger partial charge on any atom is -0.393 e. The lowest BCUT2D eigenvalue weighted by molar-refractivity contribution is 0.182. The van der Waals surface area contributed by atoms with E-state index in [-0.39, 0.29) is 6.10 Å². The van der Waals surface area contributed by atoms with Crippen LogP contribution in [0.15, 0.2) is 0 Å². The fourth-order valence-electron chi connectivity index (χ4n) is 0.699. The van der Waals surface area contributed by atoms with Gasteiger partial charge in [0, 0.05) is 12.8 Å². The van der Waals surface area contributed by atoms with Crippen LogP contribution in [0.25, 0.3) is 0 Å². The van der Waals surface area contributed by atoms with Gasteiger partial charge in [0.1, 0.15) is 0 Å². The molecule has 0 aromatic rings. The number of rotatable bonds is 3. The highest BCUT2D eigenvalue weighted by molar-refractivity contribution is 4.97. The molecule has 1 unspecified atom stereocenters. The molecule has 0 aromatic carbocycles. The smallest absolute Gasteiger partial charge is 0.0512 e. The summed E-state index contributed by atoms with van der Waals surface area (Å²) in [5.41, 5.74) is 0. The average Bonchev–Trinajstić information content (AvgIpc) is 1.87. The second-order valence-electron chi connectivity index (χ2n) is 2.45. The fourth-order valence-corrected chi connectivity index (χ4v) is 0.699. The van der Waals surface area contributed by atoms with Gasteiger partial charge in [-0.15, -0.1) is 11.8 Å². The van der Waals surface area contributed by atoms with Crippen molar-refractivity contribution in [2.45, 2.75) is 45.6 Å². The van der Waals surface area contributed by atoms with Gasteiger partial charge in [-0.1, -0.05) is 6.92 Å². The molecule has 1 heteroatoms. The minimum absolute atomic E-state index is 0.163. The fraction of sp³-hybridized carbons (Fsp3) is 0.778. The third-order valence-electron chi connectivity index (χ3n) is 1.23. The lowest BCUT2D eigenvalue weighted by Crippen LogP contribution is -1.97. The van der Waals surface area contributed by atoms with Crippen molar-refractivity contribution in [1.29, 1.82) is 0 Å². The zero-order valence-electron chi connectivity index (χ0n) is 6.85. The Morgan fingerprint density at radius 3 is 2.60 bits per heavy atom. The van der Waals surface area contributed by atoms with E-state index < -0.39 is 0 Å². The topological polar surface area (TPSA) is 20.2 Å². The Balaban J connectivity index is 3.05. The van der Waals surface area contributed by atoms with Crippen LogP contribution in [-0.2, 0) is 0 Å². The molecule has 0 aliphatic rings. The summed E-state index contributed by atoms with van der Waals surface area (Å²) >= 11 is 0. The number of aliphatic hydroxyl groups is 1. The maximum absolute atomic E-state index is 8.86. The summed E-state index contributed by atoms with van der Waals surface area (Å²) < 4.78 is 0.